The van der Waals surface area contributed by atoms with Gasteiger partial charge < -0.3 is 10.6 Å². The molecule has 1 amide bonds. The van der Waals surface area contributed by atoms with Crippen molar-refractivity contribution in [3.8, 4) is 0 Å². The summed E-state index contributed by atoms with van der Waals surface area (Å²) in [5.74, 6) is 0.338. The van der Waals surface area contributed by atoms with E-state index in [2.05, 4.69) is 38.7 Å². The van der Waals surface area contributed by atoms with Crippen molar-refractivity contribution in [3.05, 3.63) is 64.2 Å². The average molecular weight is 491 g/mol. The maximum Gasteiger partial charge on any atom is 0.416 e. The predicted molar refractivity (Wildman–Crippen MR) is 129 cm³/mol. The van der Waals surface area contributed by atoms with E-state index < -0.39 is 11.7 Å². The lowest BCUT2D eigenvalue weighted by molar-refractivity contribution is -0.137. The van der Waals surface area contributed by atoms with E-state index in [0.29, 0.717) is 30.6 Å². The Morgan fingerprint density at radius 2 is 1.91 bits per heavy atom. The standard InChI is InChI=1S/C25H29F3N4OS/c1-2-32(16-17-3-6-20(7-4-17)25(26,27)28)14-13-30-23(33)24-31-21-15-19(5-8-22(21)34-24)18-9-11-29-12-10-18/h3-8,15,18,29H,2,9-14,16H2,1H3,(H,30,33). The number of benzene rings is 2. The van der Waals surface area contributed by atoms with Crippen molar-refractivity contribution >= 4 is 27.5 Å². The predicted octanol–water partition coefficient (Wildman–Crippen LogP) is 5.03. The minimum absolute atomic E-state index is 0.199. The summed E-state index contributed by atoms with van der Waals surface area (Å²) >= 11 is 1.39. The zero-order valence-electron chi connectivity index (χ0n) is 19.1. The molecule has 5 nitrogen and oxygen atoms in total. The minimum Gasteiger partial charge on any atom is -0.349 e. The number of alkyl halides is 3. The zero-order chi connectivity index (χ0) is 24.1. The Morgan fingerprint density at radius 1 is 1.18 bits per heavy atom. The highest BCUT2D eigenvalue weighted by molar-refractivity contribution is 7.20. The van der Waals surface area contributed by atoms with Gasteiger partial charge in [0.15, 0.2) is 5.01 Å². The molecule has 0 radical (unpaired) electrons. The SMILES string of the molecule is CCN(CCNC(=O)c1nc2cc(C3CCNCC3)ccc2s1)Cc1ccc(C(F)(F)F)cc1. The van der Waals surface area contributed by atoms with E-state index in [1.807, 2.05) is 6.92 Å². The monoisotopic (exact) mass is 490 g/mol. The fourth-order valence-corrected chi connectivity index (χ4v) is 5.12. The third kappa shape index (κ3) is 6.14. The molecule has 1 saturated heterocycles. The summed E-state index contributed by atoms with van der Waals surface area (Å²) in [6, 6.07) is 11.5. The first-order valence-electron chi connectivity index (χ1n) is 11.6. The van der Waals surface area contributed by atoms with E-state index in [9.17, 15) is 18.0 Å². The van der Waals surface area contributed by atoms with Gasteiger partial charge in [0.2, 0.25) is 0 Å². The molecule has 2 aromatic carbocycles. The number of halogens is 3. The first-order chi connectivity index (χ1) is 16.3. The molecule has 1 aliphatic heterocycles. The van der Waals surface area contributed by atoms with Crippen molar-refractivity contribution < 1.29 is 18.0 Å². The Kier molecular flexibility index (Phi) is 7.85. The molecule has 1 fully saturated rings. The van der Waals surface area contributed by atoms with E-state index in [-0.39, 0.29) is 5.91 Å². The highest BCUT2D eigenvalue weighted by Gasteiger charge is 2.30. The van der Waals surface area contributed by atoms with Crippen molar-refractivity contribution in [2.75, 3.05) is 32.7 Å². The molecule has 1 aromatic heterocycles. The molecule has 0 aliphatic carbocycles. The summed E-state index contributed by atoms with van der Waals surface area (Å²) in [5, 5.41) is 6.76. The number of carbonyl (C=O) groups excluding carboxylic acids is 1. The number of fused-ring (bicyclic) bond motifs is 1. The lowest BCUT2D eigenvalue weighted by atomic mass is 9.90. The number of hydrogen-bond donors (Lipinski definition) is 2. The fraction of sp³-hybridized carbons (Fsp3) is 0.440. The van der Waals surface area contributed by atoms with E-state index in [4.69, 9.17) is 0 Å². The van der Waals surface area contributed by atoms with Crippen LogP contribution in [0.3, 0.4) is 0 Å². The Balaban J connectivity index is 1.30. The van der Waals surface area contributed by atoms with Crippen LogP contribution in [0.15, 0.2) is 42.5 Å². The summed E-state index contributed by atoms with van der Waals surface area (Å²) in [6.45, 7) is 6.31. The van der Waals surface area contributed by atoms with E-state index in [1.54, 1.807) is 0 Å². The quantitative estimate of drug-likeness (QED) is 0.465. The van der Waals surface area contributed by atoms with Gasteiger partial charge in [-0.1, -0.05) is 25.1 Å². The number of nitrogens with one attached hydrogen (secondary N) is 2. The maximum atomic E-state index is 12.7. The van der Waals surface area contributed by atoms with Crippen LogP contribution in [-0.4, -0.2) is 48.5 Å². The van der Waals surface area contributed by atoms with Crippen LogP contribution in [0.1, 0.15) is 52.2 Å². The molecular formula is C25H29F3N4OS. The summed E-state index contributed by atoms with van der Waals surface area (Å²) in [5.41, 5.74) is 2.30. The number of aromatic nitrogens is 1. The van der Waals surface area contributed by atoms with Crippen LogP contribution >= 0.6 is 11.3 Å². The van der Waals surface area contributed by atoms with Crippen LogP contribution in [0, 0.1) is 0 Å². The largest absolute Gasteiger partial charge is 0.416 e. The van der Waals surface area contributed by atoms with Gasteiger partial charge in [0.05, 0.1) is 15.8 Å². The van der Waals surface area contributed by atoms with Gasteiger partial charge in [0.1, 0.15) is 0 Å². The zero-order valence-corrected chi connectivity index (χ0v) is 19.9. The van der Waals surface area contributed by atoms with Crippen molar-refractivity contribution in [2.24, 2.45) is 0 Å². The number of carbonyl (C=O) groups is 1. The summed E-state index contributed by atoms with van der Waals surface area (Å²) in [7, 11) is 0. The van der Waals surface area contributed by atoms with Crippen LogP contribution in [0.5, 0.6) is 0 Å². The molecule has 0 atom stereocenters. The minimum atomic E-state index is -4.33. The van der Waals surface area contributed by atoms with Gasteiger partial charge in [-0.15, -0.1) is 11.3 Å². The molecule has 9 heteroatoms. The molecule has 2 heterocycles. The Bertz CT molecular complexity index is 1110. The number of amides is 1. The van der Waals surface area contributed by atoms with E-state index >= 15 is 0 Å². The molecule has 3 aromatic rings. The third-order valence-electron chi connectivity index (χ3n) is 6.26. The van der Waals surface area contributed by atoms with Crippen LogP contribution in [0.2, 0.25) is 0 Å². The second kappa shape index (κ2) is 10.8. The van der Waals surface area contributed by atoms with Crippen molar-refractivity contribution in [1.29, 1.82) is 0 Å². The first-order valence-corrected chi connectivity index (χ1v) is 12.4. The molecule has 182 valence electrons. The topological polar surface area (TPSA) is 57.3 Å². The van der Waals surface area contributed by atoms with Gasteiger partial charge in [-0.2, -0.15) is 13.2 Å². The normalized spacial score (nSPS) is 15.2. The van der Waals surface area contributed by atoms with Crippen LogP contribution in [-0.2, 0) is 12.7 Å². The van der Waals surface area contributed by atoms with Crippen molar-refractivity contribution in [2.45, 2.75) is 38.4 Å². The molecule has 0 saturated carbocycles. The Morgan fingerprint density at radius 3 is 2.59 bits per heavy atom. The van der Waals surface area contributed by atoms with E-state index in [1.165, 1.54) is 29.0 Å². The second-order valence-corrected chi connectivity index (χ2v) is 9.62. The smallest absolute Gasteiger partial charge is 0.349 e. The van der Waals surface area contributed by atoms with Gasteiger partial charge in [0.25, 0.3) is 5.91 Å². The summed E-state index contributed by atoms with van der Waals surface area (Å²) < 4.78 is 39.2. The van der Waals surface area contributed by atoms with Gasteiger partial charge in [-0.25, -0.2) is 4.98 Å². The number of rotatable bonds is 8. The highest BCUT2D eigenvalue weighted by atomic mass is 32.1. The number of likely N-dealkylation sites (N-methyl/N-ethyl adjacent to an activating group) is 1. The van der Waals surface area contributed by atoms with Crippen LogP contribution in [0.4, 0.5) is 13.2 Å². The number of nitrogens with zero attached hydrogens (tertiary/aromatic N) is 2. The summed E-state index contributed by atoms with van der Waals surface area (Å²) in [4.78, 5) is 19.3. The molecule has 0 spiro atoms. The highest BCUT2D eigenvalue weighted by Crippen LogP contribution is 2.31. The number of thiazole rings is 1. The molecule has 0 bridgehead atoms. The van der Waals surface area contributed by atoms with Gasteiger partial charge in [-0.05, 0) is 73.8 Å². The summed E-state index contributed by atoms with van der Waals surface area (Å²) in [6.07, 6.45) is -2.10. The molecule has 34 heavy (non-hydrogen) atoms. The lowest BCUT2D eigenvalue weighted by Crippen LogP contribution is -2.34. The maximum absolute atomic E-state index is 12.7. The average Bonchev–Trinajstić information content (AvgIpc) is 3.27. The van der Waals surface area contributed by atoms with Crippen LogP contribution < -0.4 is 10.6 Å². The molecule has 4 rings (SSSR count). The third-order valence-corrected chi connectivity index (χ3v) is 7.30. The van der Waals surface area contributed by atoms with Gasteiger partial charge in [0, 0.05) is 19.6 Å². The molecule has 2 N–H and O–H groups in total. The molecule has 0 unspecified atom stereocenters. The molecular weight excluding hydrogens is 461 g/mol. The number of piperidine rings is 1. The van der Waals surface area contributed by atoms with Crippen molar-refractivity contribution in [1.82, 2.24) is 20.5 Å². The van der Waals surface area contributed by atoms with Crippen LogP contribution in [0.25, 0.3) is 10.2 Å². The second-order valence-electron chi connectivity index (χ2n) is 8.59. The lowest BCUT2D eigenvalue weighted by Gasteiger charge is -2.22. The van der Waals surface area contributed by atoms with Gasteiger partial charge >= 0.3 is 6.18 Å². The van der Waals surface area contributed by atoms with E-state index in [0.717, 1.165) is 60.4 Å². The molecule has 1 aliphatic rings. The first kappa shape index (κ1) is 24.6. The Hall–Kier alpha value is -2.49. The Labute approximate surface area is 201 Å². The van der Waals surface area contributed by atoms with Gasteiger partial charge in [-0.3, -0.25) is 9.69 Å². The van der Waals surface area contributed by atoms with Crippen molar-refractivity contribution in [3.63, 3.8) is 0 Å². The fourth-order valence-electron chi connectivity index (χ4n) is 4.26. The number of hydrogen-bond acceptors (Lipinski definition) is 5.